The first-order chi connectivity index (χ1) is 12.3. The summed E-state index contributed by atoms with van der Waals surface area (Å²) in [5.41, 5.74) is 0.130. The zero-order chi connectivity index (χ0) is 18.8. The van der Waals surface area contributed by atoms with E-state index in [2.05, 4.69) is 20.1 Å². The zero-order valence-corrected chi connectivity index (χ0v) is 14.9. The molecule has 0 unspecified atom stereocenters. The number of nitrogens with one attached hydrogen (secondary N) is 1. The summed E-state index contributed by atoms with van der Waals surface area (Å²) in [5, 5.41) is 9.87. The quantitative estimate of drug-likeness (QED) is 0.618. The average molecular weight is 391 g/mol. The molecular formula is C16H20F3N3O3S. The van der Waals surface area contributed by atoms with Gasteiger partial charge in [-0.3, -0.25) is 0 Å². The minimum Gasteiger partial charge on any atom is -0.381 e. The van der Waals surface area contributed by atoms with Crippen LogP contribution in [0.1, 0.15) is 68.3 Å². The first kappa shape index (κ1) is 19.2. The lowest BCUT2D eigenvalue weighted by atomic mass is 9.65. The summed E-state index contributed by atoms with van der Waals surface area (Å²) >= 11 is 1.31. The molecular weight excluding hydrogens is 371 g/mol. The second kappa shape index (κ2) is 7.58. The summed E-state index contributed by atoms with van der Waals surface area (Å²) in [7, 11) is 0. The first-order valence-electron chi connectivity index (χ1n) is 8.70. The third kappa shape index (κ3) is 4.39. The zero-order valence-electron chi connectivity index (χ0n) is 14.1. The van der Waals surface area contributed by atoms with Crippen molar-refractivity contribution in [3.63, 3.8) is 0 Å². The van der Waals surface area contributed by atoms with Crippen LogP contribution in [0.15, 0.2) is 5.03 Å². The Morgan fingerprint density at radius 1 is 1.12 bits per heavy atom. The van der Waals surface area contributed by atoms with Crippen LogP contribution in [0.4, 0.5) is 13.2 Å². The summed E-state index contributed by atoms with van der Waals surface area (Å²) in [4.78, 5) is 22.6. The molecule has 144 valence electrons. The number of rotatable bonds is 3. The molecule has 0 aliphatic heterocycles. The molecule has 1 aromatic heterocycles. The monoisotopic (exact) mass is 391 g/mol. The highest BCUT2D eigenvalue weighted by molar-refractivity contribution is 7.99. The standard InChI is InChI=1S/C16H20F3N3O3S/c17-16(18,19)14(24)25-13(23)11-12(21-22-20-11)26-10-4-8-15(9-5-10)6-2-1-3-7-15/h10H,1-9H2,(H,20,21,22). The topological polar surface area (TPSA) is 84.9 Å². The van der Waals surface area contributed by atoms with E-state index in [4.69, 9.17) is 0 Å². The van der Waals surface area contributed by atoms with Crippen molar-refractivity contribution in [2.24, 2.45) is 5.41 Å². The first-order valence-corrected chi connectivity index (χ1v) is 9.58. The van der Waals surface area contributed by atoms with Gasteiger partial charge in [0.15, 0.2) is 10.7 Å². The number of esters is 2. The Balaban J connectivity index is 1.58. The summed E-state index contributed by atoms with van der Waals surface area (Å²) < 4.78 is 40.5. The predicted octanol–water partition coefficient (Wildman–Crippen LogP) is 4.04. The molecule has 2 saturated carbocycles. The normalized spacial score (nSPS) is 20.9. The molecule has 1 aromatic rings. The van der Waals surface area contributed by atoms with Gasteiger partial charge in [0, 0.05) is 5.25 Å². The molecule has 0 amide bonds. The Kier molecular flexibility index (Phi) is 5.59. The van der Waals surface area contributed by atoms with Crippen LogP contribution in [-0.2, 0) is 9.53 Å². The van der Waals surface area contributed by atoms with Crippen LogP contribution in [0.2, 0.25) is 0 Å². The lowest BCUT2D eigenvalue weighted by Gasteiger charge is -2.42. The highest BCUT2D eigenvalue weighted by Gasteiger charge is 2.43. The van der Waals surface area contributed by atoms with Crippen molar-refractivity contribution < 1.29 is 27.5 Å². The number of halogens is 3. The van der Waals surface area contributed by atoms with Crippen molar-refractivity contribution in [1.82, 2.24) is 15.4 Å². The van der Waals surface area contributed by atoms with Crippen molar-refractivity contribution in [3.05, 3.63) is 5.69 Å². The predicted molar refractivity (Wildman–Crippen MR) is 86.5 cm³/mol. The van der Waals surface area contributed by atoms with Gasteiger partial charge in [-0.2, -0.15) is 13.2 Å². The Hall–Kier alpha value is -1.58. The van der Waals surface area contributed by atoms with E-state index in [1.165, 1.54) is 43.9 Å². The lowest BCUT2D eigenvalue weighted by molar-refractivity contribution is -0.193. The molecule has 0 aromatic carbocycles. The number of hydrogen-bond donors (Lipinski definition) is 1. The van der Waals surface area contributed by atoms with Crippen molar-refractivity contribution in [3.8, 4) is 0 Å². The van der Waals surface area contributed by atoms with Gasteiger partial charge < -0.3 is 4.74 Å². The number of thioether (sulfide) groups is 1. The van der Waals surface area contributed by atoms with Crippen LogP contribution >= 0.6 is 11.8 Å². The van der Waals surface area contributed by atoms with Crippen molar-refractivity contribution >= 4 is 23.7 Å². The molecule has 1 heterocycles. The van der Waals surface area contributed by atoms with Crippen LogP contribution in [0.5, 0.6) is 0 Å². The van der Waals surface area contributed by atoms with Gasteiger partial charge in [-0.05, 0) is 43.9 Å². The number of carbonyl (C=O) groups excluding carboxylic acids is 2. The molecule has 0 radical (unpaired) electrons. The van der Waals surface area contributed by atoms with Crippen LogP contribution < -0.4 is 0 Å². The van der Waals surface area contributed by atoms with E-state index in [0.29, 0.717) is 5.41 Å². The summed E-state index contributed by atoms with van der Waals surface area (Å²) in [5.74, 6) is -3.97. The Morgan fingerprint density at radius 2 is 1.77 bits per heavy atom. The molecule has 1 N–H and O–H groups in total. The molecule has 10 heteroatoms. The highest BCUT2D eigenvalue weighted by atomic mass is 32.2. The van der Waals surface area contributed by atoms with E-state index in [9.17, 15) is 22.8 Å². The number of aromatic nitrogens is 3. The maximum absolute atomic E-state index is 12.2. The number of nitrogens with zero attached hydrogens (tertiary/aromatic N) is 2. The van der Waals surface area contributed by atoms with Crippen LogP contribution in [-0.4, -0.2) is 38.8 Å². The number of aromatic amines is 1. The molecule has 0 atom stereocenters. The molecule has 3 rings (SSSR count). The van der Waals surface area contributed by atoms with E-state index < -0.39 is 18.1 Å². The summed E-state index contributed by atoms with van der Waals surface area (Å²) in [6.45, 7) is 0. The van der Waals surface area contributed by atoms with Crippen LogP contribution in [0.25, 0.3) is 0 Å². The second-order valence-corrected chi connectivity index (χ2v) is 8.33. The summed E-state index contributed by atoms with van der Waals surface area (Å²) in [6, 6.07) is 0. The smallest absolute Gasteiger partial charge is 0.381 e. The van der Waals surface area contributed by atoms with E-state index in [1.807, 2.05) is 0 Å². The fourth-order valence-electron chi connectivity index (χ4n) is 3.91. The maximum atomic E-state index is 12.2. The van der Waals surface area contributed by atoms with Gasteiger partial charge in [-0.1, -0.05) is 36.2 Å². The maximum Gasteiger partial charge on any atom is 0.491 e. The molecule has 6 nitrogen and oxygen atoms in total. The fraction of sp³-hybridized carbons (Fsp3) is 0.750. The molecule has 1 spiro atoms. The number of ether oxygens (including phenoxy) is 1. The molecule has 0 saturated heterocycles. The van der Waals surface area contributed by atoms with Gasteiger partial charge in [0.1, 0.15) is 0 Å². The van der Waals surface area contributed by atoms with E-state index in [0.717, 1.165) is 25.7 Å². The highest BCUT2D eigenvalue weighted by Crippen LogP contribution is 2.50. The second-order valence-electron chi connectivity index (χ2n) is 7.04. The van der Waals surface area contributed by atoms with E-state index in [-0.39, 0.29) is 16.0 Å². The SMILES string of the molecule is O=C(OC(=O)C(F)(F)F)c1[nH]nnc1SC1CCC2(CCCCC2)CC1. The van der Waals surface area contributed by atoms with E-state index >= 15 is 0 Å². The number of hydrogen-bond acceptors (Lipinski definition) is 6. The lowest BCUT2D eigenvalue weighted by Crippen LogP contribution is -2.30. The number of carbonyl (C=O) groups is 2. The largest absolute Gasteiger partial charge is 0.491 e. The Bertz CT molecular complexity index is 661. The molecule has 2 fully saturated rings. The molecule has 2 aliphatic carbocycles. The third-order valence-electron chi connectivity index (χ3n) is 5.32. The number of H-pyrrole nitrogens is 1. The Labute approximate surface area is 152 Å². The average Bonchev–Trinajstić information content (AvgIpc) is 3.05. The fourth-order valence-corrected chi connectivity index (χ4v) is 5.03. The van der Waals surface area contributed by atoms with Crippen molar-refractivity contribution in [2.75, 3.05) is 0 Å². The van der Waals surface area contributed by atoms with Gasteiger partial charge in [-0.25, -0.2) is 14.7 Å². The molecule has 0 bridgehead atoms. The minimum absolute atomic E-state index is 0.176. The van der Waals surface area contributed by atoms with Gasteiger partial charge in [0.2, 0.25) is 0 Å². The van der Waals surface area contributed by atoms with E-state index in [1.54, 1.807) is 0 Å². The summed E-state index contributed by atoms with van der Waals surface area (Å²) in [6.07, 6.45) is 5.35. The number of alkyl halides is 3. The van der Waals surface area contributed by atoms with Gasteiger partial charge in [-0.15, -0.1) is 5.10 Å². The van der Waals surface area contributed by atoms with Crippen molar-refractivity contribution in [1.29, 1.82) is 0 Å². The molecule has 26 heavy (non-hydrogen) atoms. The van der Waals surface area contributed by atoms with Gasteiger partial charge in [0.05, 0.1) is 0 Å². The van der Waals surface area contributed by atoms with Gasteiger partial charge >= 0.3 is 18.1 Å². The van der Waals surface area contributed by atoms with Crippen LogP contribution in [0, 0.1) is 5.41 Å². The van der Waals surface area contributed by atoms with Crippen molar-refractivity contribution in [2.45, 2.75) is 74.2 Å². The van der Waals surface area contributed by atoms with Crippen LogP contribution in [0.3, 0.4) is 0 Å². The Morgan fingerprint density at radius 3 is 2.38 bits per heavy atom. The minimum atomic E-state index is -5.23. The molecule has 2 aliphatic rings. The van der Waals surface area contributed by atoms with Gasteiger partial charge in [0.25, 0.3) is 0 Å². The third-order valence-corrected chi connectivity index (χ3v) is 6.64.